The van der Waals surface area contributed by atoms with Crippen molar-refractivity contribution in [2.24, 2.45) is 0 Å². The first kappa shape index (κ1) is 26.2. The van der Waals surface area contributed by atoms with Crippen molar-refractivity contribution in [2.75, 3.05) is 35.9 Å². The fraction of sp³-hybridized carbons (Fsp3) is 0.381. The third-order valence-corrected chi connectivity index (χ3v) is 7.78. The molecule has 2 fully saturated rings. The fourth-order valence-corrected chi connectivity index (χ4v) is 5.43. The van der Waals surface area contributed by atoms with Crippen LogP contribution in [0.25, 0.3) is 0 Å². The Hall–Kier alpha value is -2.88. The number of aromatic nitrogens is 1. The quantitative estimate of drug-likeness (QED) is 0.421. The summed E-state index contributed by atoms with van der Waals surface area (Å²) in [6, 6.07) is 6.51. The van der Waals surface area contributed by atoms with Gasteiger partial charge in [0, 0.05) is 30.7 Å². The number of alkyl halides is 3. The molecule has 15 heteroatoms. The lowest BCUT2D eigenvalue weighted by atomic mass is 10.2. The number of rotatable bonds is 7. The van der Waals surface area contributed by atoms with Gasteiger partial charge in [0.15, 0.2) is 0 Å². The third kappa shape index (κ3) is 5.91. The van der Waals surface area contributed by atoms with Crippen molar-refractivity contribution in [1.82, 2.24) is 14.2 Å². The second kappa shape index (κ2) is 10.2. The molecule has 1 N–H and O–H groups in total. The van der Waals surface area contributed by atoms with E-state index in [9.17, 15) is 31.2 Å². The van der Waals surface area contributed by atoms with Crippen molar-refractivity contribution in [2.45, 2.75) is 29.9 Å². The Morgan fingerprint density at radius 2 is 1.81 bits per heavy atom. The largest absolute Gasteiger partial charge is 0.446 e. The number of anilines is 2. The first-order valence-corrected chi connectivity index (χ1v) is 13.0. The highest BCUT2D eigenvalue weighted by Crippen LogP contribution is 2.38. The summed E-state index contributed by atoms with van der Waals surface area (Å²) >= 11 is -0.292. The van der Waals surface area contributed by atoms with Crippen LogP contribution in [-0.4, -0.2) is 72.4 Å². The summed E-state index contributed by atoms with van der Waals surface area (Å²) in [4.78, 5) is 32.0. The van der Waals surface area contributed by atoms with E-state index >= 15 is 0 Å². The number of hydrogen-bond donors (Lipinski definition) is 1. The van der Waals surface area contributed by atoms with Crippen molar-refractivity contribution >= 4 is 45.4 Å². The van der Waals surface area contributed by atoms with E-state index in [2.05, 4.69) is 9.71 Å². The molecule has 4 rings (SSSR count). The Labute approximate surface area is 209 Å². The van der Waals surface area contributed by atoms with E-state index in [1.807, 2.05) is 0 Å². The van der Waals surface area contributed by atoms with E-state index in [0.717, 1.165) is 4.90 Å². The molecule has 2 saturated heterocycles. The minimum absolute atomic E-state index is 0.0148. The number of carbonyl (C=O) groups excluding carboxylic acids is 2. The molecule has 3 amide bonds. The number of halogens is 3. The topological polar surface area (TPSA) is 112 Å². The first-order valence-electron chi connectivity index (χ1n) is 10.8. The van der Waals surface area contributed by atoms with E-state index in [1.165, 1.54) is 52.7 Å². The number of nitrogens with one attached hydrogen (secondary N) is 1. The Balaban J connectivity index is 1.47. The van der Waals surface area contributed by atoms with Gasteiger partial charge in [-0.25, -0.2) is 14.7 Å². The molecule has 3 heterocycles. The number of ether oxygens (including phenoxy) is 1. The van der Waals surface area contributed by atoms with Gasteiger partial charge >= 0.3 is 21.7 Å². The van der Waals surface area contributed by atoms with Gasteiger partial charge in [-0.3, -0.25) is 9.52 Å². The van der Waals surface area contributed by atoms with Gasteiger partial charge in [0.25, 0.3) is 5.91 Å². The van der Waals surface area contributed by atoms with Crippen LogP contribution in [0.1, 0.15) is 12.5 Å². The molecule has 1 unspecified atom stereocenters. The molecule has 194 valence electrons. The molecule has 0 radical (unpaired) electrons. The van der Waals surface area contributed by atoms with E-state index in [4.69, 9.17) is 4.74 Å². The average molecular weight is 546 g/mol. The number of urea groups is 1. The lowest BCUT2D eigenvalue weighted by molar-refractivity contribution is -0.119. The zero-order chi connectivity index (χ0) is 26.1. The number of carbonyl (C=O) groups is 2. The van der Waals surface area contributed by atoms with Gasteiger partial charge in [0.05, 0.1) is 18.9 Å². The molecule has 1 atom stereocenters. The number of morpholine rings is 1. The summed E-state index contributed by atoms with van der Waals surface area (Å²) in [7, 11) is -3.84. The monoisotopic (exact) mass is 545 g/mol. The standard InChI is InChI=1S/C21H22F3N5O5S2/c1-14-19(30)29(16-2-4-17(5-3-16)35-21(22,23)24)20(31)28(14)13-15-6-7-25-18(12-15)26-36(32,33)27-8-10-34-11-9-27/h2-7,12,14H,8-11,13H2,1H3,(H,25,26). The number of thioether (sulfide) groups is 1. The van der Waals surface area contributed by atoms with Gasteiger partial charge < -0.3 is 9.64 Å². The summed E-state index contributed by atoms with van der Waals surface area (Å²) in [5, 5.41) is 0. The number of benzene rings is 1. The molecule has 0 spiro atoms. The second-order valence-electron chi connectivity index (χ2n) is 7.97. The van der Waals surface area contributed by atoms with E-state index in [1.54, 1.807) is 6.07 Å². The number of amides is 3. The van der Waals surface area contributed by atoms with Crippen LogP contribution in [0.5, 0.6) is 0 Å². The Bertz CT molecular complexity index is 1240. The zero-order valence-electron chi connectivity index (χ0n) is 18.9. The number of imide groups is 1. The summed E-state index contributed by atoms with van der Waals surface area (Å²) in [6.45, 7) is 2.52. The molecule has 0 bridgehead atoms. The SMILES string of the molecule is CC1C(=O)N(c2ccc(SC(F)(F)F)cc2)C(=O)N1Cc1ccnc(NS(=O)(=O)N2CCOCC2)c1. The number of nitrogens with zero attached hydrogens (tertiary/aromatic N) is 4. The predicted molar refractivity (Wildman–Crippen MR) is 125 cm³/mol. The van der Waals surface area contributed by atoms with Gasteiger partial charge in [-0.2, -0.15) is 25.9 Å². The van der Waals surface area contributed by atoms with Gasteiger partial charge in [-0.1, -0.05) is 0 Å². The Morgan fingerprint density at radius 3 is 2.44 bits per heavy atom. The summed E-state index contributed by atoms with van der Waals surface area (Å²) in [5.74, 6) is -0.474. The lowest BCUT2D eigenvalue weighted by Gasteiger charge is -2.26. The number of hydrogen-bond acceptors (Lipinski definition) is 7. The van der Waals surface area contributed by atoms with Crippen molar-refractivity contribution in [3.05, 3.63) is 48.2 Å². The smallest absolute Gasteiger partial charge is 0.379 e. The van der Waals surface area contributed by atoms with E-state index in [-0.39, 0.29) is 61.0 Å². The minimum atomic E-state index is -4.45. The molecule has 1 aromatic carbocycles. The highest BCUT2D eigenvalue weighted by Gasteiger charge is 2.43. The molecule has 0 aliphatic carbocycles. The molecule has 36 heavy (non-hydrogen) atoms. The predicted octanol–water partition coefficient (Wildman–Crippen LogP) is 3.04. The van der Waals surface area contributed by atoms with Crippen LogP contribution in [0.4, 0.5) is 29.5 Å². The highest BCUT2D eigenvalue weighted by atomic mass is 32.2. The average Bonchev–Trinajstić information content (AvgIpc) is 3.02. The van der Waals surface area contributed by atoms with E-state index < -0.39 is 33.7 Å². The zero-order valence-corrected chi connectivity index (χ0v) is 20.6. The molecule has 1 aromatic heterocycles. The maximum atomic E-state index is 13.1. The molecular formula is C21H22F3N5O5S2. The van der Waals surface area contributed by atoms with Gasteiger partial charge in [0.1, 0.15) is 11.9 Å². The maximum Gasteiger partial charge on any atom is 0.446 e. The Kier molecular flexibility index (Phi) is 7.45. The van der Waals surface area contributed by atoms with Crippen LogP contribution in [0.15, 0.2) is 47.5 Å². The Morgan fingerprint density at radius 1 is 1.14 bits per heavy atom. The minimum Gasteiger partial charge on any atom is -0.379 e. The van der Waals surface area contributed by atoms with Crippen molar-refractivity contribution in [1.29, 1.82) is 0 Å². The number of pyridine rings is 1. The molecule has 2 aliphatic rings. The van der Waals surface area contributed by atoms with Crippen molar-refractivity contribution < 1.29 is 35.9 Å². The van der Waals surface area contributed by atoms with Crippen LogP contribution in [-0.2, 0) is 26.3 Å². The summed E-state index contributed by atoms with van der Waals surface area (Å²) < 4.78 is 71.8. The first-order chi connectivity index (χ1) is 16.9. The van der Waals surface area contributed by atoms with Crippen LogP contribution < -0.4 is 9.62 Å². The highest BCUT2D eigenvalue weighted by molar-refractivity contribution is 8.00. The summed E-state index contributed by atoms with van der Waals surface area (Å²) in [5.41, 5.74) is -3.78. The second-order valence-corrected chi connectivity index (χ2v) is 10.8. The molecule has 0 saturated carbocycles. The molecule has 10 nitrogen and oxygen atoms in total. The van der Waals surface area contributed by atoms with E-state index in [0.29, 0.717) is 5.56 Å². The van der Waals surface area contributed by atoms with Gasteiger partial charge in [-0.05, 0) is 60.6 Å². The molecule has 2 aliphatic heterocycles. The summed E-state index contributed by atoms with van der Waals surface area (Å²) in [6.07, 6.45) is 1.38. The maximum absolute atomic E-state index is 13.1. The van der Waals surface area contributed by atoms with Crippen LogP contribution in [0.3, 0.4) is 0 Å². The molecular weight excluding hydrogens is 523 g/mol. The van der Waals surface area contributed by atoms with Crippen LogP contribution in [0.2, 0.25) is 0 Å². The van der Waals surface area contributed by atoms with Gasteiger partial charge in [-0.15, -0.1) is 0 Å². The third-order valence-electron chi connectivity index (χ3n) is 5.53. The lowest BCUT2D eigenvalue weighted by Crippen LogP contribution is -2.43. The normalized spacial score (nSPS) is 19.7. The van der Waals surface area contributed by atoms with Crippen molar-refractivity contribution in [3.63, 3.8) is 0 Å². The van der Waals surface area contributed by atoms with Crippen LogP contribution in [0, 0.1) is 0 Å². The van der Waals surface area contributed by atoms with Crippen molar-refractivity contribution in [3.8, 4) is 0 Å². The fourth-order valence-electron chi connectivity index (χ4n) is 3.76. The van der Waals surface area contributed by atoms with Gasteiger partial charge in [0.2, 0.25) is 0 Å². The van der Waals surface area contributed by atoms with Crippen LogP contribution >= 0.6 is 11.8 Å². The molecule has 2 aromatic rings.